The summed E-state index contributed by atoms with van der Waals surface area (Å²) in [4.78, 5) is 6.83. The van der Waals surface area contributed by atoms with Crippen LogP contribution in [0.15, 0.2) is 29.3 Å². The van der Waals surface area contributed by atoms with Crippen LogP contribution in [0.5, 0.6) is 5.75 Å². The first-order chi connectivity index (χ1) is 13.7. The third-order valence-corrected chi connectivity index (χ3v) is 4.11. The molecule has 0 amide bonds. The van der Waals surface area contributed by atoms with Crippen molar-refractivity contribution in [2.75, 3.05) is 53.6 Å². The number of nitrogens with zero attached hydrogens (tertiary/aromatic N) is 2. The molecule has 0 aliphatic heterocycles. The fraction of sp³-hybridized carbons (Fsp3) is 0.682. The van der Waals surface area contributed by atoms with Crippen LogP contribution < -0.4 is 15.4 Å². The van der Waals surface area contributed by atoms with E-state index in [4.69, 9.17) is 9.47 Å². The molecule has 1 aromatic rings. The second-order valence-electron chi connectivity index (χ2n) is 7.09. The Morgan fingerprint density at radius 2 is 1.71 bits per heavy atom. The van der Waals surface area contributed by atoms with Crippen molar-refractivity contribution < 1.29 is 9.47 Å². The predicted octanol–water partition coefficient (Wildman–Crippen LogP) is 3.28. The molecule has 6 heteroatoms. The molecule has 1 rings (SSSR count). The van der Waals surface area contributed by atoms with Gasteiger partial charge in [0.2, 0.25) is 0 Å². The quantitative estimate of drug-likeness (QED) is 0.273. The highest BCUT2D eigenvalue weighted by atomic mass is 16.5. The number of unbranched alkanes of at least 4 members (excludes halogenated alkanes) is 1. The van der Waals surface area contributed by atoms with E-state index in [2.05, 4.69) is 60.6 Å². The highest BCUT2D eigenvalue weighted by Gasteiger charge is 1.99. The van der Waals surface area contributed by atoms with Crippen molar-refractivity contribution in [2.45, 2.75) is 46.1 Å². The van der Waals surface area contributed by atoms with Gasteiger partial charge in [-0.1, -0.05) is 25.5 Å². The Hall–Kier alpha value is -1.79. The summed E-state index contributed by atoms with van der Waals surface area (Å²) in [6, 6.07) is 8.20. The zero-order chi connectivity index (χ0) is 20.5. The van der Waals surface area contributed by atoms with E-state index in [-0.39, 0.29) is 0 Å². The van der Waals surface area contributed by atoms with Crippen molar-refractivity contribution in [3.05, 3.63) is 29.8 Å². The Balaban J connectivity index is 2.32. The molecule has 160 valence electrons. The Kier molecular flexibility index (Phi) is 14.0. The second kappa shape index (κ2) is 16.2. The Morgan fingerprint density at radius 3 is 2.39 bits per heavy atom. The molecular weight excluding hydrogens is 352 g/mol. The minimum Gasteiger partial charge on any atom is -0.494 e. The molecule has 0 aliphatic carbocycles. The summed E-state index contributed by atoms with van der Waals surface area (Å²) in [6.45, 7) is 10.0. The molecule has 0 bridgehead atoms. The van der Waals surface area contributed by atoms with E-state index in [1.807, 2.05) is 12.1 Å². The van der Waals surface area contributed by atoms with Gasteiger partial charge in [-0.3, -0.25) is 0 Å². The average molecular weight is 393 g/mol. The monoisotopic (exact) mass is 392 g/mol. The SMILES string of the molecule is CCCCOCCCNC(=NCc1ccc(OCCCN(C)C)cc1)NCC. The average Bonchev–Trinajstić information content (AvgIpc) is 2.69. The molecule has 0 radical (unpaired) electrons. The maximum absolute atomic E-state index is 5.78. The van der Waals surface area contributed by atoms with Gasteiger partial charge in [-0.25, -0.2) is 4.99 Å². The zero-order valence-corrected chi connectivity index (χ0v) is 18.3. The van der Waals surface area contributed by atoms with Crippen molar-refractivity contribution in [2.24, 2.45) is 4.99 Å². The minimum absolute atomic E-state index is 0.642. The van der Waals surface area contributed by atoms with Crippen LogP contribution in [-0.4, -0.2) is 64.4 Å². The van der Waals surface area contributed by atoms with Gasteiger partial charge in [0.1, 0.15) is 5.75 Å². The van der Waals surface area contributed by atoms with Crippen molar-refractivity contribution in [1.29, 1.82) is 0 Å². The normalized spacial score (nSPS) is 11.7. The van der Waals surface area contributed by atoms with Gasteiger partial charge >= 0.3 is 0 Å². The topological polar surface area (TPSA) is 58.1 Å². The third-order valence-electron chi connectivity index (χ3n) is 4.11. The highest BCUT2D eigenvalue weighted by Crippen LogP contribution is 2.13. The number of ether oxygens (including phenoxy) is 2. The van der Waals surface area contributed by atoms with Crippen LogP contribution in [0.4, 0.5) is 0 Å². The Morgan fingerprint density at radius 1 is 0.964 bits per heavy atom. The molecule has 0 fully saturated rings. The predicted molar refractivity (Wildman–Crippen MR) is 118 cm³/mol. The van der Waals surface area contributed by atoms with E-state index in [1.165, 1.54) is 12.0 Å². The number of hydrogen-bond acceptors (Lipinski definition) is 4. The van der Waals surface area contributed by atoms with E-state index < -0.39 is 0 Å². The molecule has 0 unspecified atom stereocenters. The van der Waals surface area contributed by atoms with Gasteiger partial charge in [-0.2, -0.15) is 0 Å². The van der Waals surface area contributed by atoms with Crippen molar-refractivity contribution in [1.82, 2.24) is 15.5 Å². The van der Waals surface area contributed by atoms with Crippen LogP contribution in [-0.2, 0) is 11.3 Å². The van der Waals surface area contributed by atoms with Crippen LogP contribution >= 0.6 is 0 Å². The summed E-state index contributed by atoms with van der Waals surface area (Å²) in [5.41, 5.74) is 1.17. The van der Waals surface area contributed by atoms with Crippen molar-refractivity contribution >= 4 is 5.96 Å². The second-order valence-corrected chi connectivity index (χ2v) is 7.09. The number of aliphatic imine (C=N–C) groups is 1. The first-order valence-electron chi connectivity index (χ1n) is 10.6. The minimum atomic E-state index is 0.642. The molecule has 0 atom stereocenters. The summed E-state index contributed by atoms with van der Waals surface area (Å²) in [5.74, 6) is 1.76. The van der Waals surface area contributed by atoms with Crippen molar-refractivity contribution in [3.8, 4) is 5.75 Å². The van der Waals surface area contributed by atoms with E-state index >= 15 is 0 Å². The third kappa shape index (κ3) is 12.6. The smallest absolute Gasteiger partial charge is 0.191 e. The maximum Gasteiger partial charge on any atom is 0.191 e. The van der Waals surface area contributed by atoms with Crippen molar-refractivity contribution in [3.63, 3.8) is 0 Å². The molecule has 28 heavy (non-hydrogen) atoms. The van der Waals surface area contributed by atoms with Gasteiger partial charge < -0.3 is 25.0 Å². The van der Waals surface area contributed by atoms with Crippen LogP contribution in [0.3, 0.4) is 0 Å². The molecule has 0 heterocycles. The number of guanidine groups is 1. The molecule has 0 saturated heterocycles. The Bertz CT molecular complexity index is 518. The first-order valence-corrected chi connectivity index (χ1v) is 10.6. The fourth-order valence-corrected chi connectivity index (χ4v) is 2.50. The van der Waals surface area contributed by atoms with Crippen LogP contribution in [0.25, 0.3) is 0 Å². The van der Waals surface area contributed by atoms with Gasteiger partial charge in [0.25, 0.3) is 0 Å². The summed E-state index contributed by atoms with van der Waals surface area (Å²) in [7, 11) is 4.15. The lowest BCUT2D eigenvalue weighted by molar-refractivity contribution is 0.129. The van der Waals surface area contributed by atoms with E-state index in [1.54, 1.807) is 0 Å². The lowest BCUT2D eigenvalue weighted by Crippen LogP contribution is -2.38. The van der Waals surface area contributed by atoms with E-state index in [0.717, 1.165) is 70.4 Å². The standard InChI is InChI=1S/C22H40N4O2/c1-5-7-16-27-17-8-14-24-22(23-6-2)25-19-20-10-12-21(13-11-20)28-18-9-15-26(3)4/h10-13H,5-9,14-19H2,1-4H3,(H2,23,24,25). The number of nitrogens with one attached hydrogen (secondary N) is 2. The molecule has 0 aromatic heterocycles. The zero-order valence-electron chi connectivity index (χ0n) is 18.3. The summed E-state index contributed by atoms with van der Waals surface area (Å²) in [6.07, 6.45) is 4.32. The van der Waals surface area contributed by atoms with E-state index in [0.29, 0.717) is 6.54 Å². The molecule has 2 N–H and O–H groups in total. The van der Waals surface area contributed by atoms with Gasteiger partial charge in [0.05, 0.1) is 13.2 Å². The lowest BCUT2D eigenvalue weighted by atomic mass is 10.2. The number of rotatable bonds is 15. The van der Waals surface area contributed by atoms with Gasteiger partial charge in [0.15, 0.2) is 5.96 Å². The summed E-state index contributed by atoms with van der Waals surface area (Å²) in [5, 5.41) is 6.66. The molecule has 0 spiro atoms. The molecule has 6 nitrogen and oxygen atoms in total. The number of benzene rings is 1. The van der Waals surface area contributed by atoms with E-state index in [9.17, 15) is 0 Å². The number of hydrogen-bond donors (Lipinski definition) is 2. The van der Waals surface area contributed by atoms with Crippen LogP contribution in [0.1, 0.15) is 45.1 Å². The highest BCUT2D eigenvalue weighted by molar-refractivity contribution is 5.79. The maximum atomic E-state index is 5.78. The summed E-state index contributed by atoms with van der Waals surface area (Å²) < 4.78 is 11.4. The lowest BCUT2D eigenvalue weighted by Gasteiger charge is -2.12. The fourth-order valence-electron chi connectivity index (χ4n) is 2.50. The van der Waals surface area contributed by atoms with Gasteiger partial charge in [-0.05, 0) is 58.0 Å². The summed E-state index contributed by atoms with van der Waals surface area (Å²) >= 11 is 0. The van der Waals surface area contributed by atoms with Crippen LogP contribution in [0.2, 0.25) is 0 Å². The first kappa shape index (κ1) is 24.2. The largest absolute Gasteiger partial charge is 0.494 e. The van der Waals surface area contributed by atoms with Crippen LogP contribution in [0, 0.1) is 0 Å². The van der Waals surface area contributed by atoms with Gasteiger partial charge in [0, 0.05) is 32.8 Å². The molecule has 0 aliphatic rings. The Labute approximate surface area is 171 Å². The molecule has 1 aromatic carbocycles. The molecular formula is C22H40N4O2. The molecule has 0 saturated carbocycles. The van der Waals surface area contributed by atoms with Gasteiger partial charge in [-0.15, -0.1) is 0 Å².